The molecule has 5 heteroatoms. The maximum absolute atomic E-state index is 12.8. The molecule has 4 nitrogen and oxygen atoms in total. The van der Waals surface area contributed by atoms with Crippen LogP contribution in [0.1, 0.15) is 17.2 Å². The topological polar surface area (TPSA) is 58.6 Å². The molecule has 3 aromatic rings. The average molecular weight is 426 g/mol. The third kappa shape index (κ3) is 4.04. The monoisotopic (exact) mass is 425 g/mol. The minimum absolute atomic E-state index is 0.452. The van der Waals surface area contributed by atoms with Crippen LogP contribution in [-0.4, -0.2) is 18.2 Å². The first-order chi connectivity index (χ1) is 13.1. The van der Waals surface area contributed by atoms with Gasteiger partial charge in [0, 0.05) is 10.2 Å². The van der Waals surface area contributed by atoms with Crippen molar-refractivity contribution in [3.8, 4) is 0 Å². The largest absolute Gasteiger partial charge is 0.467 e. The molecule has 2 atom stereocenters. The van der Waals surface area contributed by atoms with Crippen LogP contribution in [0.5, 0.6) is 0 Å². The number of halogens is 1. The van der Waals surface area contributed by atoms with Crippen molar-refractivity contribution in [1.82, 2.24) is 0 Å². The van der Waals surface area contributed by atoms with Crippen LogP contribution in [0.2, 0.25) is 0 Å². The predicted octanol–water partition coefficient (Wildman–Crippen LogP) is 4.66. The normalized spacial score (nSPS) is 14.0. The number of carbonyl (C=O) groups is 1. The molecule has 2 N–H and O–H groups in total. The summed E-state index contributed by atoms with van der Waals surface area (Å²) in [6.07, 6.45) is 0. The first-order valence-corrected chi connectivity index (χ1v) is 9.28. The van der Waals surface area contributed by atoms with Crippen molar-refractivity contribution in [2.75, 3.05) is 12.4 Å². The molecule has 0 fully saturated rings. The van der Waals surface area contributed by atoms with E-state index in [1.54, 1.807) is 24.3 Å². The van der Waals surface area contributed by atoms with Gasteiger partial charge in [-0.2, -0.15) is 0 Å². The number of carbonyl (C=O) groups excluding carboxylic acids is 1. The van der Waals surface area contributed by atoms with Crippen LogP contribution in [0.25, 0.3) is 0 Å². The summed E-state index contributed by atoms with van der Waals surface area (Å²) in [7, 11) is 1.28. The molecular weight excluding hydrogens is 406 g/mol. The van der Waals surface area contributed by atoms with Crippen molar-refractivity contribution in [2.24, 2.45) is 0 Å². The van der Waals surface area contributed by atoms with Crippen molar-refractivity contribution < 1.29 is 14.6 Å². The molecule has 3 rings (SSSR count). The fourth-order valence-electron chi connectivity index (χ4n) is 3.04. The number of methoxy groups -OCH3 is 1. The fraction of sp³-hybridized carbons (Fsp3) is 0.136. The van der Waals surface area contributed by atoms with E-state index in [0.717, 1.165) is 15.7 Å². The molecule has 0 aliphatic carbocycles. The molecule has 27 heavy (non-hydrogen) atoms. The van der Waals surface area contributed by atoms with E-state index in [0.29, 0.717) is 5.56 Å². The smallest absolute Gasteiger partial charge is 0.345 e. The highest BCUT2D eigenvalue weighted by Crippen LogP contribution is 2.39. The van der Waals surface area contributed by atoms with Gasteiger partial charge in [0.15, 0.2) is 0 Å². The second-order valence-corrected chi connectivity index (χ2v) is 7.03. The Kier molecular flexibility index (Phi) is 5.94. The van der Waals surface area contributed by atoms with E-state index < -0.39 is 17.6 Å². The molecule has 0 heterocycles. The van der Waals surface area contributed by atoms with Crippen LogP contribution in [0.15, 0.2) is 89.4 Å². The van der Waals surface area contributed by atoms with Crippen molar-refractivity contribution >= 4 is 27.6 Å². The summed E-state index contributed by atoms with van der Waals surface area (Å²) in [5, 5.41) is 14.9. The molecular formula is C22H20BrNO3. The maximum atomic E-state index is 12.8. The number of ether oxygens (including phenoxy) is 1. The Hall–Kier alpha value is -2.63. The highest BCUT2D eigenvalue weighted by molar-refractivity contribution is 9.10. The number of para-hydroxylation sites is 1. The Morgan fingerprint density at radius 1 is 0.963 bits per heavy atom. The van der Waals surface area contributed by atoms with Gasteiger partial charge in [-0.05, 0) is 35.4 Å². The Balaban J connectivity index is 2.15. The molecule has 0 saturated carbocycles. The lowest BCUT2D eigenvalue weighted by Crippen LogP contribution is -2.45. The third-order valence-corrected chi connectivity index (χ3v) is 4.95. The van der Waals surface area contributed by atoms with Gasteiger partial charge >= 0.3 is 5.97 Å². The van der Waals surface area contributed by atoms with Crippen LogP contribution >= 0.6 is 15.9 Å². The molecule has 0 amide bonds. The predicted molar refractivity (Wildman–Crippen MR) is 109 cm³/mol. The Labute approximate surface area is 166 Å². The van der Waals surface area contributed by atoms with E-state index in [4.69, 9.17) is 4.74 Å². The van der Waals surface area contributed by atoms with Crippen LogP contribution in [0.3, 0.4) is 0 Å². The Bertz CT molecular complexity index is 884. The van der Waals surface area contributed by atoms with Gasteiger partial charge in [0.2, 0.25) is 5.60 Å². The summed E-state index contributed by atoms with van der Waals surface area (Å²) in [6.45, 7) is 0. The second kappa shape index (κ2) is 8.37. The number of anilines is 1. The zero-order valence-electron chi connectivity index (χ0n) is 14.8. The standard InChI is InChI=1S/C22H20BrNO3/c1-27-21(25)22(26,17-8-4-2-5-9-17)20(16-12-14-18(23)15-13-16)24-19-10-6-3-7-11-19/h2-15,20,24,26H,1H3/t20-,22+/m1/s1. The van der Waals surface area contributed by atoms with Gasteiger partial charge in [0.1, 0.15) is 0 Å². The van der Waals surface area contributed by atoms with Crippen molar-refractivity contribution in [3.63, 3.8) is 0 Å². The fourth-order valence-corrected chi connectivity index (χ4v) is 3.30. The van der Waals surface area contributed by atoms with Crippen molar-refractivity contribution in [1.29, 1.82) is 0 Å². The number of aliphatic hydroxyl groups is 1. The third-order valence-electron chi connectivity index (χ3n) is 4.42. The molecule has 0 unspecified atom stereocenters. The summed E-state index contributed by atoms with van der Waals surface area (Å²) in [6, 6.07) is 25.0. The van der Waals surface area contributed by atoms with Gasteiger partial charge in [-0.3, -0.25) is 0 Å². The lowest BCUT2D eigenvalue weighted by molar-refractivity contribution is -0.165. The van der Waals surface area contributed by atoms with E-state index in [-0.39, 0.29) is 0 Å². The molecule has 0 spiro atoms. The summed E-state index contributed by atoms with van der Waals surface area (Å²) in [4.78, 5) is 12.8. The van der Waals surface area contributed by atoms with E-state index in [1.165, 1.54) is 7.11 Å². The molecule has 0 aromatic heterocycles. The highest BCUT2D eigenvalue weighted by Gasteiger charge is 2.47. The SMILES string of the molecule is COC(=O)[C@](O)(c1ccccc1)[C@H](Nc1ccccc1)c1ccc(Br)cc1. The molecule has 0 aliphatic heterocycles. The molecule has 0 radical (unpaired) electrons. The van der Waals surface area contributed by atoms with Gasteiger partial charge in [-0.25, -0.2) is 4.79 Å². The second-order valence-electron chi connectivity index (χ2n) is 6.12. The minimum Gasteiger partial charge on any atom is -0.467 e. The van der Waals surface area contributed by atoms with Crippen LogP contribution in [0, 0.1) is 0 Å². The maximum Gasteiger partial charge on any atom is 0.345 e. The number of hydrogen-bond donors (Lipinski definition) is 2. The first-order valence-electron chi connectivity index (χ1n) is 8.49. The number of hydrogen-bond acceptors (Lipinski definition) is 4. The molecule has 138 valence electrons. The summed E-state index contributed by atoms with van der Waals surface area (Å²) in [5.74, 6) is -0.731. The summed E-state index contributed by atoms with van der Waals surface area (Å²) >= 11 is 3.42. The van der Waals surface area contributed by atoms with Gasteiger partial charge in [0.05, 0.1) is 13.2 Å². The van der Waals surface area contributed by atoms with E-state index in [2.05, 4.69) is 21.2 Å². The van der Waals surface area contributed by atoms with Crippen molar-refractivity contribution in [2.45, 2.75) is 11.6 Å². The minimum atomic E-state index is -1.92. The lowest BCUT2D eigenvalue weighted by Gasteiger charge is -2.35. The van der Waals surface area contributed by atoms with E-state index in [9.17, 15) is 9.90 Å². The summed E-state index contributed by atoms with van der Waals surface area (Å²) in [5.41, 5.74) is 0.0651. The number of rotatable bonds is 6. The van der Waals surface area contributed by atoms with Gasteiger partial charge < -0.3 is 15.2 Å². The average Bonchev–Trinajstić information content (AvgIpc) is 2.73. The summed E-state index contributed by atoms with van der Waals surface area (Å²) < 4.78 is 5.90. The molecule has 0 bridgehead atoms. The van der Waals surface area contributed by atoms with Crippen molar-refractivity contribution in [3.05, 3.63) is 101 Å². The van der Waals surface area contributed by atoms with Crippen LogP contribution in [0.4, 0.5) is 5.69 Å². The first kappa shape index (κ1) is 19.1. The Morgan fingerprint density at radius 3 is 2.07 bits per heavy atom. The van der Waals surface area contributed by atoms with Crippen LogP contribution < -0.4 is 5.32 Å². The van der Waals surface area contributed by atoms with E-state index >= 15 is 0 Å². The zero-order chi connectivity index (χ0) is 19.3. The van der Waals surface area contributed by atoms with Gasteiger partial charge in [0.25, 0.3) is 0 Å². The molecule has 3 aromatic carbocycles. The number of benzene rings is 3. The number of esters is 1. The number of nitrogens with one attached hydrogen (secondary N) is 1. The van der Waals surface area contributed by atoms with E-state index in [1.807, 2.05) is 60.7 Å². The molecule has 0 saturated heterocycles. The van der Waals surface area contributed by atoms with Gasteiger partial charge in [-0.1, -0.05) is 76.6 Å². The molecule has 0 aliphatic rings. The zero-order valence-corrected chi connectivity index (χ0v) is 16.4. The quantitative estimate of drug-likeness (QED) is 0.563. The lowest BCUT2D eigenvalue weighted by atomic mass is 9.82. The van der Waals surface area contributed by atoms with Crippen LogP contribution in [-0.2, 0) is 15.1 Å². The Morgan fingerprint density at radius 2 is 1.52 bits per heavy atom. The van der Waals surface area contributed by atoms with Gasteiger partial charge in [-0.15, -0.1) is 0 Å². The highest BCUT2D eigenvalue weighted by atomic mass is 79.9.